The van der Waals surface area contributed by atoms with Crippen molar-refractivity contribution in [2.24, 2.45) is 0 Å². The Morgan fingerprint density at radius 1 is 1.07 bits per heavy atom. The summed E-state index contributed by atoms with van der Waals surface area (Å²) in [5.41, 5.74) is 1.27. The van der Waals surface area contributed by atoms with Crippen LogP contribution in [-0.2, 0) is 4.74 Å². The summed E-state index contributed by atoms with van der Waals surface area (Å²) in [6, 6.07) is 10.3. The Morgan fingerprint density at radius 2 is 1.81 bits per heavy atom. The summed E-state index contributed by atoms with van der Waals surface area (Å²) in [5.74, 6) is -0.109. The van der Waals surface area contributed by atoms with Crippen LogP contribution in [0.5, 0.6) is 0 Å². The molecule has 1 aromatic carbocycles. The molecule has 0 atom stereocenters. The molecule has 0 radical (unpaired) electrons. The van der Waals surface area contributed by atoms with E-state index in [9.17, 15) is 9.59 Å². The van der Waals surface area contributed by atoms with Crippen molar-refractivity contribution in [1.29, 1.82) is 0 Å². The Labute approximate surface area is 158 Å². The van der Waals surface area contributed by atoms with Crippen molar-refractivity contribution in [1.82, 2.24) is 20.0 Å². The van der Waals surface area contributed by atoms with Crippen LogP contribution in [-0.4, -0.2) is 71.7 Å². The predicted molar refractivity (Wildman–Crippen MR) is 101 cm³/mol. The number of carbonyl (C=O) groups excluding carboxylic acids is 2. The first-order chi connectivity index (χ1) is 13.1. The lowest BCUT2D eigenvalue weighted by atomic mass is 10.2. The lowest BCUT2D eigenvalue weighted by Crippen LogP contribution is -2.48. The molecular weight excluding hydrogens is 346 g/mol. The summed E-state index contributed by atoms with van der Waals surface area (Å²) in [7, 11) is 1.33. The van der Waals surface area contributed by atoms with Gasteiger partial charge in [0, 0.05) is 26.2 Å². The van der Waals surface area contributed by atoms with Crippen LogP contribution in [0.2, 0.25) is 0 Å². The van der Waals surface area contributed by atoms with E-state index in [-0.39, 0.29) is 5.91 Å². The summed E-state index contributed by atoms with van der Waals surface area (Å²) < 4.78 is 4.78. The van der Waals surface area contributed by atoms with Crippen molar-refractivity contribution in [3.8, 4) is 0 Å². The SMILES string of the molecule is CCN1CCN(C(=O)c2ccc(Nc3ccccc3C(=O)OC)nn2)CC1. The van der Waals surface area contributed by atoms with E-state index in [0.29, 0.717) is 35.9 Å². The zero-order chi connectivity index (χ0) is 19.2. The Hall–Kier alpha value is -3.00. The second-order valence-electron chi connectivity index (χ2n) is 6.19. The van der Waals surface area contributed by atoms with Crippen molar-refractivity contribution in [2.45, 2.75) is 6.92 Å². The Balaban J connectivity index is 1.68. The number of carbonyl (C=O) groups is 2. The molecule has 8 nitrogen and oxygen atoms in total. The van der Waals surface area contributed by atoms with E-state index >= 15 is 0 Å². The van der Waals surface area contributed by atoms with Gasteiger partial charge in [-0.15, -0.1) is 10.2 Å². The minimum Gasteiger partial charge on any atom is -0.465 e. The number of anilines is 2. The van der Waals surface area contributed by atoms with Gasteiger partial charge in [-0.05, 0) is 30.8 Å². The quantitative estimate of drug-likeness (QED) is 0.804. The summed E-state index contributed by atoms with van der Waals surface area (Å²) in [6.45, 7) is 6.25. The molecule has 2 heterocycles. The normalized spacial score (nSPS) is 14.7. The molecule has 0 bridgehead atoms. The third kappa shape index (κ3) is 4.40. The Kier molecular flexibility index (Phi) is 5.97. The van der Waals surface area contributed by atoms with E-state index < -0.39 is 5.97 Å². The molecule has 8 heteroatoms. The van der Waals surface area contributed by atoms with Gasteiger partial charge in [0.2, 0.25) is 0 Å². The number of hydrogen-bond acceptors (Lipinski definition) is 7. The van der Waals surface area contributed by atoms with E-state index in [1.807, 2.05) is 0 Å². The minimum absolute atomic E-state index is 0.111. The molecule has 1 aliphatic rings. The molecule has 1 aromatic heterocycles. The molecule has 0 unspecified atom stereocenters. The van der Waals surface area contributed by atoms with Gasteiger partial charge in [-0.25, -0.2) is 4.79 Å². The van der Waals surface area contributed by atoms with Crippen molar-refractivity contribution in [2.75, 3.05) is 45.2 Å². The summed E-state index contributed by atoms with van der Waals surface area (Å²) in [6.07, 6.45) is 0. The van der Waals surface area contributed by atoms with Crippen molar-refractivity contribution in [3.63, 3.8) is 0 Å². The average Bonchev–Trinajstić information content (AvgIpc) is 2.73. The molecule has 1 N–H and O–H groups in total. The van der Waals surface area contributed by atoms with E-state index in [1.165, 1.54) is 7.11 Å². The second-order valence-corrected chi connectivity index (χ2v) is 6.19. The molecule has 1 aliphatic heterocycles. The summed E-state index contributed by atoms with van der Waals surface area (Å²) in [4.78, 5) is 28.5. The highest BCUT2D eigenvalue weighted by Gasteiger charge is 2.22. The zero-order valence-electron chi connectivity index (χ0n) is 15.5. The number of ether oxygens (including phenoxy) is 1. The molecule has 142 valence electrons. The number of methoxy groups -OCH3 is 1. The third-order valence-electron chi connectivity index (χ3n) is 4.59. The molecule has 0 saturated carbocycles. The molecule has 0 spiro atoms. The predicted octanol–water partition coefficient (Wildman–Crippen LogP) is 1.78. The van der Waals surface area contributed by atoms with E-state index in [4.69, 9.17) is 4.74 Å². The highest BCUT2D eigenvalue weighted by Crippen LogP contribution is 2.20. The number of aromatic nitrogens is 2. The summed E-state index contributed by atoms with van der Waals surface area (Å²) >= 11 is 0. The number of benzene rings is 1. The van der Waals surface area contributed by atoms with Crippen LogP contribution in [0.1, 0.15) is 27.8 Å². The number of piperazine rings is 1. The van der Waals surface area contributed by atoms with E-state index in [0.717, 1.165) is 19.6 Å². The maximum absolute atomic E-state index is 12.6. The molecular formula is C19H23N5O3. The van der Waals surface area contributed by atoms with E-state index in [2.05, 4.69) is 27.3 Å². The van der Waals surface area contributed by atoms with E-state index in [1.54, 1.807) is 41.3 Å². The second kappa shape index (κ2) is 8.59. The highest BCUT2D eigenvalue weighted by molar-refractivity contribution is 5.96. The number of hydrogen-bond donors (Lipinski definition) is 1. The summed E-state index contributed by atoms with van der Waals surface area (Å²) in [5, 5.41) is 11.2. The van der Waals surface area contributed by atoms with Crippen molar-refractivity contribution < 1.29 is 14.3 Å². The molecule has 0 aliphatic carbocycles. The van der Waals surface area contributed by atoms with Crippen LogP contribution >= 0.6 is 0 Å². The first-order valence-corrected chi connectivity index (χ1v) is 8.92. The maximum Gasteiger partial charge on any atom is 0.339 e. The molecule has 1 amide bonds. The van der Waals surface area contributed by atoms with Gasteiger partial charge >= 0.3 is 5.97 Å². The van der Waals surface area contributed by atoms with Crippen LogP contribution in [0.15, 0.2) is 36.4 Å². The number of nitrogens with zero attached hydrogens (tertiary/aromatic N) is 4. The Morgan fingerprint density at radius 3 is 2.44 bits per heavy atom. The lowest BCUT2D eigenvalue weighted by Gasteiger charge is -2.33. The zero-order valence-corrected chi connectivity index (χ0v) is 15.5. The van der Waals surface area contributed by atoms with Gasteiger partial charge < -0.3 is 19.9 Å². The average molecular weight is 369 g/mol. The van der Waals surface area contributed by atoms with Crippen LogP contribution in [0, 0.1) is 0 Å². The Bertz CT molecular complexity index is 801. The fraction of sp³-hybridized carbons (Fsp3) is 0.368. The number of nitrogens with one attached hydrogen (secondary N) is 1. The van der Waals surface area contributed by atoms with Gasteiger partial charge in [-0.1, -0.05) is 19.1 Å². The van der Waals surface area contributed by atoms with Crippen molar-refractivity contribution in [3.05, 3.63) is 47.7 Å². The topological polar surface area (TPSA) is 87.7 Å². The number of rotatable bonds is 5. The van der Waals surface area contributed by atoms with Crippen molar-refractivity contribution >= 4 is 23.4 Å². The number of para-hydroxylation sites is 1. The highest BCUT2D eigenvalue weighted by atomic mass is 16.5. The fourth-order valence-corrected chi connectivity index (χ4v) is 2.96. The van der Waals surface area contributed by atoms with Crippen LogP contribution in [0.4, 0.5) is 11.5 Å². The van der Waals surface area contributed by atoms with Gasteiger partial charge in [-0.2, -0.15) is 0 Å². The molecule has 2 aromatic rings. The van der Waals surface area contributed by atoms with Gasteiger partial charge in [0.1, 0.15) is 0 Å². The lowest BCUT2D eigenvalue weighted by molar-refractivity contribution is 0.0600. The maximum atomic E-state index is 12.6. The molecule has 3 rings (SSSR count). The number of esters is 1. The first-order valence-electron chi connectivity index (χ1n) is 8.92. The first kappa shape index (κ1) is 18.8. The van der Waals surface area contributed by atoms with Crippen LogP contribution in [0.25, 0.3) is 0 Å². The number of amides is 1. The van der Waals surface area contributed by atoms with Gasteiger partial charge in [0.05, 0.1) is 18.4 Å². The largest absolute Gasteiger partial charge is 0.465 e. The third-order valence-corrected chi connectivity index (χ3v) is 4.59. The van der Waals surface area contributed by atoms with Crippen LogP contribution in [0.3, 0.4) is 0 Å². The smallest absolute Gasteiger partial charge is 0.339 e. The molecule has 1 saturated heterocycles. The molecule has 1 fully saturated rings. The number of likely N-dealkylation sites (N-methyl/N-ethyl adjacent to an activating group) is 1. The standard InChI is InChI=1S/C19H23N5O3/c1-3-23-10-12-24(13-11-23)18(25)16-8-9-17(22-21-16)20-15-7-5-4-6-14(15)19(26)27-2/h4-9H,3,10-13H2,1-2H3,(H,20,22). The molecule has 27 heavy (non-hydrogen) atoms. The van der Waals surface area contributed by atoms with Gasteiger partial charge in [0.25, 0.3) is 5.91 Å². The monoisotopic (exact) mass is 369 g/mol. The van der Waals surface area contributed by atoms with Crippen LogP contribution < -0.4 is 5.32 Å². The minimum atomic E-state index is -0.441. The fourth-order valence-electron chi connectivity index (χ4n) is 2.96. The van der Waals surface area contributed by atoms with Gasteiger partial charge in [-0.3, -0.25) is 4.79 Å². The van der Waals surface area contributed by atoms with Gasteiger partial charge in [0.15, 0.2) is 11.5 Å².